The fourth-order valence-electron chi connectivity index (χ4n) is 4.44. The van der Waals surface area contributed by atoms with Gasteiger partial charge in [-0.1, -0.05) is 35.9 Å². The average molecular weight is 523 g/mol. The predicted octanol–water partition coefficient (Wildman–Crippen LogP) is 4.57. The van der Waals surface area contributed by atoms with E-state index in [9.17, 15) is 19.5 Å². The van der Waals surface area contributed by atoms with Crippen LogP contribution in [-0.2, 0) is 33.9 Å². The van der Waals surface area contributed by atoms with Crippen molar-refractivity contribution in [2.75, 3.05) is 12.4 Å². The Morgan fingerprint density at radius 2 is 1.84 bits per heavy atom. The number of esters is 1. The van der Waals surface area contributed by atoms with Crippen LogP contribution < -0.4 is 14.8 Å². The van der Waals surface area contributed by atoms with Gasteiger partial charge in [-0.3, -0.25) is 9.69 Å². The van der Waals surface area contributed by atoms with E-state index >= 15 is 0 Å². The third-order valence-electron chi connectivity index (χ3n) is 6.39. The lowest BCUT2D eigenvalue weighted by Crippen LogP contribution is -2.48. The zero-order valence-corrected chi connectivity index (χ0v) is 20.5. The maximum atomic E-state index is 12.9. The second-order valence-corrected chi connectivity index (χ2v) is 9.18. The molecule has 2 aliphatic heterocycles. The number of carbonyl (C=O) groups is 3. The molecule has 2 aliphatic rings. The summed E-state index contributed by atoms with van der Waals surface area (Å²) in [6.07, 6.45) is -1.97. The summed E-state index contributed by atoms with van der Waals surface area (Å²) in [7, 11) is 1.22. The number of anilines is 1. The van der Waals surface area contributed by atoms with Gasteiger partial charge in [-0.2, -0.15) is 0 Å². The summed E-state index contributed by atoms with van der Waals surface area (Å²) in [6.45, 7) is 0.374. The van der Waals surface area contributed by atoms with E-state index in [-0.39, 0.29) is 18.9 Å². The van der Waals surface area contributed by atoms with Crippen molar-refractivity contribution in [3.05, 3.63) is 87.9 Å². The molecule has 2 heterocycles. The van der Waals surface area contributed by atoms with E-state index in [2.05, 4.69) is 5.32 Å². The molecule has 0 spiro atoms. The SMILES string of the molecule is COC(=O)[C@@H]1Cc2cc3c(cc2CN1C(=O)O)OC(c1ccc(OCc2ccc(Cl)cc2)cc1)C(=O)N3. The van der Waals surface area contributed by atoms with E-state index in [4.69, 9.17) is 25.8 Å². The normalized spacial score (nSPS) is 18.1. The van der Waals surface area contributed by atoms with Crippen LogP contribution in [0.15, 0.2) is 60.7 Å². The van der Waals surface area contributed by atoms with Gasteiger partial charge in [0.1, 0.15) is 24.1 Å². The Kier molecular flexibility index (Phi) is 6.62. The minimum atomic E-state index is -1.22. The predicted molar refractivity (Wildman–Crippen MR) is 134 cm³/mol. The number of amides is 2. The van der Waals surface area contributed by atoms with Gasteiger partial charge in [0.25, 0.3) is 5.91 Å². The first-order chi connectivity index (χ1) is 17.8. The number of rotatable bonds is 5. The number of hydrogen-bond donors (Lipinski definition) is 2. The van der Waals surface area contributed by atoms with Crippen molar-refractivity contribution < 1.29 is 33.7 Å². The number of benzene rings is 3. The fourth-order valence-corrected chi connectivity index (χ4v) is 4.57. The average Bonchev–Trinajstić information content (AvgIpc) is 2.90. The highest BCUT2D eigenvalue weighted by Gasteiger charge is 2.37. The lowest BCUT2D eigenvalue weighted by molar-refractivity contribution is -0.146. The largest absolute Gasteiger partial charge is 0.489 e. The van der Waals surface area contributed by atoms with E-state index in [1.165, 1.54) is 7.11 Å². The molecule has 0 saturated heterocycles. The molecule has 2 amide bonds. The molecule has 0 radical (unpaired) electrons. The van der Waals surface area contributed by atoms with Crippen molar-refractivity contribution in [3.63, 3.8) is 0 Å². The third kappa shape index (κ3) is 5.03. The highest BCUT2D eigenvalue weighted by Crippen LogP contribution is 2.39. The van der Waals surface area contributed by atoms with Gasteiger partial charge in [0, 0.05) is 17.0 Å². The van der Waals surface area contributed by atoms with Crippen molar-refractivity contribution in [2.24, 2.45) is 0 Å². The minimum Gasteiger partial charge on any atom is -0.489 e. The molecule has 5 rings (SSSR count). The second-order valence-electron chi connectivity index (χ2n) is 8.74. The monoisotopic (exact) mass is 522 g/mol. The fraction of sp³-hybridized carbons (Fsp3) is 0.222. The number of nitrogens with zero attached hydrogens (tertiary/aromatic N) is 1. The number of methoxy groups -OCH3 is 1. The first-order valence-corrected chi connectivity index (χ1v) is 11.9. The smallest absolute Gasteiger partial charge is 0.408 e. The number of carboxylic acid groups (broad SMARTS) is 1. The molecule has 0 fully saturated rings. The molecule has 10 heteroatoms. The van der Waals surface area contributed by atoms with Crippen LogP contribution in [0.25, 0.3) is 0 Å². The van der Waals surface area contributed by atoms with Crippen molar-refractivity contribution in [2.45, 2.75) is 31.7 Å². The van der Waals surface area contributed by atoms with Crippen LogP contribution in [-0.4, -0.2) is 41.1 Å². The number of fused-ring (bicyclic) bond motifs is 2. The Bertz CT molecular complexity index is 1360. The molecule has 0 bridgehead atoms. The van der Waals surface area contributed by atoms with Gasteiger partial charge < -0.3 is 24.6 Å². The third-order valence-corrected chi connectivity index (χ3v) is 6.65. The Balaban J connectivity index is 1.32. The second kappa shape index (κ2) is 10.0. The lowest BCUT2D eigenvalue weighted by atomic mass is 9.92. The van der Waals surface area contributed by atoms with E-state index in [0.717, 1.165) is 16.0 Å². The van der Waals surface area contributed by atoms with Gasteiger partial charge in [-0.25, -0.2) is 9.59 Å². The number of halogens is 1. The summed E-state index contributed by atoms with van der Waals surface area (Å²) in [6, 6.07) is 16.9. The van der Waals surface area contributed by atoms with Crippen LogP contribution >= 0.6 is 11.6 Å². The van der Waals surface area contributed by atoms with Gasteiger partial charge in [-0.15, -0.1) is 0 Å². The summed E-state index contributed by atoms with van der Waals surface area (Å²) in [5.41, 5.74) is 3.52. The number of hydrogen-bond acceptors (Lipinski definition) is 6. The van der Waals surface area contributed by atoms with E-state index in [1.807, 2.05) is 12.1 Å². The Labute approximate surface area is 217 Å². The molecule has 1 unspecified atom stereocenters. The Morgan fingerprint density at radius 1 is 1.11 bits per heavy atom. The van der Waals surface area contributed by atoms with Gasteiger partial charge in [-0.05, 0) is 53.1 Å². The standard InChI is InChI=1S/C27H23ClN2O7/c1-35-26(32)22-11-17-10-21-23(12-18(17)13-30(22)27(33)34)37-24(25(31)29-21)16-4-8-20(9-5-16)36-14-15-2-6-19(28)7-3-15/h2-10,12,22,24H,11,13-14H2,1H3,(H,29,31)(H,33,34)/t22-,24?/m0/s1. The zero-order chi connectivity index (χ0) is 26.1. The molecule has 0 aromatic heterocycles. The van der Waals surface area contributed by atoms with E-state index in [1.54, 1.807) is 48.5 Å². The van der Waals surface area contributed by atoms with Crippen LogP contribution in [0.3, 0.4) is 0 Å². The molecule has 2 atom stereocenters. The van der Waals surface area contributed by atoms with E-state index in [0.29, 0.717) is 39.9 Å². The van der Waals surface area contributed by atoms with Gasteiger partial charge >= 0.3 is 12.1 Å². The van der Waals surface area contributed by atoms with E-state index < -0.39 is 24.2 Å². The first kappa shape index (κ1) is 24.5. The summed E-state index contributed by atoms with van der Waals surface area (Å²) >= 11 is 5.91. The highest BCUT2D eigenvalue weighted by atomic mass is 35.5. The molecule has 190 valence electrons. The zero-order valence-electron chi connectivity index (χ0n) is 19.8. The summed E-state index contributed by atoms with van der Waals surface area (Å²) in [5, 5.41) is 13.1. The molecule has 37 heavy (non-hydrogen) atoms. The molecule has 0 aliphatic carbocycles. The number of carbonyl (C=O) groups excluding carboxylic acids is 2. The van der Waals surface area contributed by atoms with Gasteiger partial charge in [0.2, 0.25) is 6.10 Å². The molecular weight excluding hydrogens is 500 g/mol. The van der Waals surface area contributed by atoms with Crippen molar-refractivity contribution in [1.82, 2.24) is 4.90 Å². The summed E-state index contributed by atoms with van der Waals surface area (Å²) in [5.74, 6) is 0.0908. The maximum Gasteiger partial charge on any atom is 0.408 e. The summed E-state index contributed by atoms with van der Waals surface area (Å²) < 4.78 is 16.6. The molecular formula is C27H23ClN2O7. The first-order valence-electron chi connectivity index (χ1n) is 11.5. The highest BCUT2D eigenvalue weighted by molar-refractivity contribution is 6.30. The molecule has 0 saturated carbocycles. The van der Waals surface area contributed by atoms with Crippen molar-refractivity contribution in [1.29, 1.82) is 0 Å². The maximum absolute atomic E-state index is 12.9. The lowest BCUT2D eigenvalue weighted by Gasteiger charge is -2.34. The van der Waals surface area contributed by atoms with Gasteiger partial charge in [0.15, 0.2) is 0 Å². The summed E-state index contributed by atoms with van der Waals surface area (Å²) in [4.78, 5) is 37.8. The number of nitrogens with one attached hydrogen (secondary N) is 1. The van der Waals surface area contributed by atoms with Crippen LogP contribution in [0, 0.1) is 0 Å². The Hall–Kier alpha value is -4.24. The van der Waals surface area contributed by atoms with Crippen LogP contribution in [0.2, 0.25) is 5.02 Å². The van der Waals surface area contributed by atoms with Gasteiger partial charge in [0.05, 0.1) is 19.3 Å². The quantitative estimate of drug-likeness (QED) is 0.472. The molecule has 9 nitrogen and oxygen atoms in total. The van der Waals surface area contributed by atoms with Crippen LogP contribution in [0.1, 0.15) is 28.4 Å². The molecule has 3 aromatic rings. The Morgan fingerprint density at radius 3 is 2.51 bits per heavy atom. The molecule has 2 N–H and O–H groups in total. The number of ether oxygens (including phenoxy) is 3. The van der Waals surface area contributed by atoms with Crippen LogP contribution in [0.5, 0.6) is 11.5 Å². The topological polar surface area (TPSA) is 114 Å². The van der Waals surface area contributed by atoms with Crippen LogP contribution in [0.4, 0.5) is 10.5 Å². The van der Waals surface area contributed by atoms with Crippen molar-refractivity contribution >= 4 is 35.3 Å². The molecule has 3 aromatic carbocycles. The minimum absolute atomic E-state index is 0.000653. The van der Waals surface area contributed by atoms with Crippen molar-refractivity contribution in [3.8, 4) is 11.5 Å².